The highest BCUT2D eigenvalue weighted by Crippen LogP contribution is 2.49. The van der Waals surface area contributed by atoms with E-state index in [0.29, 0.717) is 0 Å². The second-order valence-corrected chi connectivity index (χ2v) is 14.4. The zero-order valence-electron chi connectivity index (χ0n) is 28.9. The summed E-state index contributed by atoms with van der Waals surface area (Å²) in [5.74, 6) is 0. The van der Waals surface area contributed by atoms with E-state index in [9.17, 15) is 0 Å². The topological polar surface area (TPSA) is 8.17 Å². The number of hydrogen-bond acceptors (Lipinski definition) is 2. The van der Waals surface area contributed by atoms with Crippen LogP contribution in [0.2, 0.25) is 0 Å². The summed E-state index contributed by atoms with van der Waals surface area (Å²) in [7, 11) is 0. The molecule has 0 aliphatic heterocycles. The number of benzene rings is 8. The molecule has 0 saturated carbocycles. The summed E-state index contributed by atoms with van der Waals surface area (Å²) >= 11 is 1.89. The smallest absolute Gasteiger partial charge is 0.0728 e. The van der Waals surface area contributed by atoms with Gasteiger partial charge in [0.25, 0.3) is 0 Å². The summed E-state index contributed by atoms with van der Waals surface area (Å²) in [5.41, 5.74) is 14.2. The van der Waals surface area contributed by atoms with E-state index in [4.69, 9.17) is 0 Å². The molecule has 0 radical (unpaired) electrons. The Balaban J connectivity index is 1.20. The Morgan fingerprint density at radius 3 is 1.57 bits per heavy atom. The quantitative estimate of drug-likeness (QED) is 0.161. The van der Waals surface area contributed by atoms with Gasteiger partial charge in [-0.05, 0) is 70.3 Å². The van der Waals surface area contributed by atoms with Gasteiger partial charge in [-0.2, -0.15) is 0 Å². The van der Waals surface area contributed by atoms with Gasteiger partial charge in [0, 0.05) is 27.7 Å². The van der Waals surface area contributed by atoms with Crippen LogP contribution in [0.4, 0.5) is 17.1 Å². The van der Waals surface area contributed by atoms with Gasteiger partial charge in [-0.1, -0.05) is 164 Å². The van der Waals surface area contributed by atoms with Gasteiger partial charge in [0.2, 0.25) is 0 Å². The number of hydrogen-bond donors (Lipinski definition) is 0. The normalized spacial score (nSPS) is 11.4. The van der Waals surface area contributed by atoms with Crippen molar-refractivity contribution >= 4 is 59.6 Å². The first-order valence-corrected chi connectivity index (χ1v) is 18.8. The van der Waals surface area contributed by atoms with Crippen LogP contribution in [0.1, 0.15) is 0 Å². The summed E-state index contributed by atoms with van der Waals surface area (Å²) in [6.07, 6.45) is 0. The van der Waals surface area contributed by atoms with Gasteiger partial charge in [0.1, 0.15) is 0 Å². The molecule has 0 atom stereocenters. The lowest BCUT2D eigenvalue weighted by Gasteiger charge is -2.28. The molecule has 53 heavy (non-hydrogen) atoms. The molecule has 0 aliphatic rings. The van der Waals surface area contributed by atoms with Crippen molar-refractivity contribution in [3.63, 3.8) is 0 Å². The average molecular weight is 695 g/mol. The Bertz CT molecular complexity index is 2850. The van der Waals surface area contributed by atoms with Crippen molar-refractivity contribution in [2.75, 3.05) is 4.90 Å². The largest absolute Gasteiger partial charge is 0.308 e. The number of nitrogens with zero attached hydrogens (tertiary/aromatic N) is 2. The van der Waals surface area contributed by atoms with E-state index in [0.717, 1.165) is 17.1 Å². The zero-order valence-corrected chi connectivity index (χ0v) is 29.7. The molecule has 2 aromatic heterocycles. The first-order chi connectivity index (χ1) is 26.3. The summed E-state index contributed by atoms with van der Waals surface area (Å²) < 4.78 is 5.00. The van der Waals surface area contributed by atoms with Crippen LogP contribution in [-0.4, -0.2) is 4.57 Å². The standard InChI is InChI=1S/C50H34N2S/c1-4-15-35(16-5-1)37-27-29-39(30-28-37)42-21-10-12-24-45(42)51(41-33-31-38(32-34-41)36-17-6-2-7-18-36)47-26-14-23-44-48-50(53-49(44)47)43-22-11-13-25-46(43)52(48)40-19-8-3-9-20-40/h1-34H. The molecule has 0 spiro atoms. The zero-order chi connectivity index (χ0) is 35.1. The molecule has 2 nitrogen and oxygen atoms in total. The number of fused-ring (bicyclic) bond motifs is 5. The van der Waals surface area contributed by atoms with Crippen molar-refractivity contribution in [3.05, 3.63) is 206 Å². The Morgan fingerprint density at radius 2 is 0.868 bits per heavy atom. The molecule has 0 amide bonds. The van der Waals surface area contributed by atoms with E-state index in [-0.39, 0.29) is 0 Å². The lowest BCUT2D eigenvalue weighted by molar-refractivity contribution is 1.19. The minimum absolute atomic E-state index is 1.11. The molecule has 8 aromatic carbocycles. The molecule has 0 bridgehead atoms. The van der Waals surface area contributed by atoms with Gasteiger partial charge in [-0.25, -0.2) is 0 Å². The molecule has 2 heterocycles. The van der Waals surface area contributed by atoms with Crippen LogP contribution < -0.4 is 4.90 Å². The van der Waals surface area contributed by atoms with Gasteiger partial charge in [-0.3, -0.25) is 0 Å². The fraction of sp³-hybridized carbons (Fsp3) is 0. The van der Waals surface area contributed by atoms with E-state index in [1.54, 1.807) is 0 Å². The first-order valence-electron chi connectivity index (χ1n) is 18.0. The Labute approximate surface area is 313 Å². The monoisotopic (exact) mass is 694 g/mol. The average Bonchev–Trinajstić information content (AvgIpc) is 3.78. The summed E-state index contributed by atoms with van der Waals surface area (Å²) in [6, 6.07) is 74.4. The predicted octanol–water partition coefficient (Wildman–Crippen LogP) is 14.5. The van der Waals surface area contributed by atoms with E-state index >= 15 is 0 Å². The van der Waals surface area contributed by atoms with Crippen LogP contribution in [0.5, 0.6) is 0 Å². The minimum atomic E-state index is 1.11. The first kappa shape index (κ1) is 31.1. The molecule has 10 aromatic rings. The molecule has 0 saturated heterocycles. The summed E-state index contributed by atoms with van der Waals surface area (Å²) in [6.45, 7) is 0. The highest BCUT2D eigenvalue weighted by atomic mass is 32.1. The summed E-state index contributed by atoms with van der Waals surface area (Å²) in [5, 5.41) is 2.52. The molecular weight excluding hydrogens is 661 g/mol. The number of rotatable bonds is 7. The third-order valence-electron chi connectivity index (χ3n) is 10.2. The van der Waals surface area contributed by atoms with Crippen LogP contribution >= 0.6 is 11.3 Å². The lowest BCUT2D eigenvalue weighted by Crippen LogP contribution is -2.11. The van der Waals surface area contributed by atoms with Crippen molar-refractivity contribution in [2.45, 2.75) is 0 Å². The third-order valence-corrected chi connectivity index (χ3v) is 11.5. The lowest BCUT2D eigenvalue weighted by atomic mass is 9.98. The molecule has 250 valence electrons. The Morgan fingerprint density at radius 1 is 0.358 bits per heavy atom. The molecule has 3 heteroatoms. The number of thiophene rings is 1. The van der Waals surface area contributed by atoms with Crippen molar-refractivity contribution in [2.24, 2.45) is 0 Å². The van der Waals surface area contributed by atoms with E-state index < -0.39 is 0 Å². The van der Waals surface area contributed by atoms with Crippen LogP contribution in [0.3, 0.4) is 0 Å². The van der Waals surface area contributed by atoms with Gasteiger partial charge in [0.05, 0.1) is 31.8 Å². The molecular formula is C50H34N2S. The highest BCUT2D eigenvalue weighted by molar-refractivity contribution is 7.27. The van der Waals surface area contributed by atoms with Gasteiger partial charge >= 0.3 is 0 Å². The maximum atomic E-state index is 2.46. The minimum Gasteiger partial charge on any atom is -0.308 e. The van der Waals surface area contributed by atoms with Gasteiger partial charge < -0.3 is 9.47 Å². The van der Waals surface area contributed by atoms with Crippen molar-refractivity contribution in [3.8, 4) is 39.1 Å². The Hall–Kier alpha value is -6.68. The van der Waals surface area contributed by atoms with Crippen LogP contribution in [0.15, 0.2) is 206 Å². The van der Waals surface area contributed by atoms with Crippen molar-refractivity contribution in [1.82, 2.24) is 4.57 Å². The fourth-order valence-corrected chi connectivity index (χ4v) is 9.05. The second-order valence-electron chi connectivity index (χ2n) is 13.3. The number of anilines is 3. The van der Waals surface area contributed by atoms with E-state index in [1.165, 1.54) is 70.3 Å². The molecule has 0 unspecified atom stereocenters. The third kappa shape index (κ3) is 5.42. The molecule has 0 N–H and O–H groups in total. The number of aromatic nitrogens is 1. The Kier molecular flexibility index (Phi) is 7.71. The predicted molar refractivity (Wildman–Crippen MR) is 227 cm³/mol. The maximum absolute atomic E-state index is 2.46. The molecule has 0 aliphatic carbocycles. The fourth-order valence-electron chi connectivity index (χ4n) is 7.73. The van der Waals surface area contributed by atoms with Crippen LogP contribution in [0.25, 0.3) is 70.3 Å². The van der Waals surface area contributed by atoms with E-state index in [1.807, 2.05) is 11.3 Å². The van der Waals surface area contributed by atoms with Crippen LogP contribution in [0, 0.1) is 0 Å². The summed E-state index contributed by atoms with van der Waals surface area (Å²) in [4.78, 5) is 2.46. The molecule has 10 rings (SSSR count). The van der Waals surface area contributed by atoms with Crippen molar-refractivity contribution in [1.29, 1.82) is 0 Å². The van der Waals surface area contributed by atoms with E-state index in [2.05, 4.69) is 216 Å². The van der Waals surface area contributed by atoms with Gasteiger partial charge in [-0.15, -0.1) is 11.3 Å². The maximum Gasteiger partial charge on any atom is 0.0728 e. The second kappa shape index (κ2) is 13.1. The van der Waals surface area contributed by atoms with Crippen LogP contribution in [-0.2, 0) is 0 Å². The number of para-hydroxylation sites is 3. The SMILES string of the molecule is c1ccc(-c2ccc(-c3ccccc3N(c3ccc(-c4ccccc4)cc3)c3cccc4c3sc3c5ccccc5n(-c5ccccc5)c43)cc2)cc1. The molecule has 0 fully saturated rings. The highest BCUT2D eigenvalue weighted by Gasteiger charge is 2.24. The van der Waals surface area contributed by atoms with Crippen molar-refractivity contribution < 1.29 is 0 Å². The van der Waals surface area contributed by atoms with Gasteiger partial charge in [0.15, 0.2) is 0 Å².